The topological polar surface area (TPSA) is 123 Å². The second-order valence-electron chi connectivity index (χ2n) is 11.4. The summed E-state index contributed by atoms with van der Waals surface area (Å²) in [6, 6.07) is 18.7. The fraction of sp³-hybridized carbons (Fsp3) is 0.206. The molecular formula is C34H32FN7O3S. The van der Waals surface area contributed by atoms with Gasteiger partial charge in [-0.1, -0.05) is 18.2 Å². The molecule has 1 aliphatic rings. The lowest BCUT2D eigenvalue weighted by atomic mass is 10.0. The summed E-state index contributed by atoms with van der Waals surface area (Å²) in [7, 11) is -2.32. The van der Waals surface area contributed by atoms with E-state index >= 15 is 4.39 Å². The highest BCUT2D eigenvalue weighted by Gasteiger charge is 2.23. The molecule has 0 bridgehead atoms. The van der Waals surface area contributed by atoms with E-state index in [-0.39, 0.29) is 16.6 Å². The Labute approximate surface area is 265 Å². The molecule has 12 heteroatoms. The van der Waals surface area contributed by atoms with Crippen molar-refractivity contribution in [2.75, 3.05) is 23.1 Å². The number of benzene rings is 3. The number of sulfonamides is 1. The lowest BCUT2D eigenvalue weighted by Crippen LogP contribution is -2.38. The van der Waals surface area contributed by atoms with Gasteiger partial charge in [-0.15, -0.1) is 0 Å². The van der Waals surface area contributed by atoms with E-state index in [1.54, 1.807) is 61.1 Å². The number of halogens is 1. The minimum atomic E-state index is -4.16. The summed E-state index contributed by atoms with van der Waals surface area (Å²) in [6.07, 6.45) is 7.21. The van der Waals surface area contributed by atoms with E-state index in [0.717, 1.165) is 37.0 Å². The number of rotatable bonds is 8. The van der Waals surface area contributed by atoms with Crippen molar-refractivity contribution in [2.24, 2.45) is 7.05 Å². The van der Waals surface area contributed by atoms with Crippen molar-refractivity contribution in [3.05, 3.63) is 96.7 Å². The van der Waals surface area contributed by atoms with E-state index < -0.39 is 15.8 Å². The van der Waals surface area contributed by atoms with E-state index in [1.165, 1.54) is 12.1 Å². The molecule has 1 fully saturated rings. The number of aryl methyl sites for hydroxylation is 2. The molecule has 7 rings (SSSR count). The molecule has 1 saturated heterocycles. The van der Waals surface area contributed by atoms with Gasteiger partial charge >= 0.3 is 0 Å². The highest BCUT2D eigenvalue weighted by Crippen LogP contribution is 2.40. The average Bonchev–Trinajstić information content (AvgIpc) is 3.45. The van der Waals surface area contributed by atoms with Crippen LogP contribution in [-0.4, -0.2) is 47.1 Å². The molecule has 1 aliphatic heterocycles. The maximum absolute atomic E-state index is 15.4. The predicted molar refractivity (Wildman–Crippen MR) is 177 cm³/mol. The molecule has 46 heavy (non-hydrogen) atoms. The number of fused-ring (bicyclic) bond motifs is 2. The number of hydrogen-bond donors (Lipinski definition) is 3. The highest BCUT2D eigenvalue weighted by atomic mass is 32.2. The molecule has 1 atom stereocenters. The summed E-state index contributed by atoms with van der Waals surface area (Å²) >= 11 is 0. The minimum Gasteiger partial charge on any atom is -0.437 e. The first-order valence-corrected chi connectivity index (χ1v) is 16.5. The van der Waals surface area contributed by atoms with Gasteiger partial charge in [0.05, 0.1) is 21.8 Å². The van der Waals surface area contributed by atoms with Crippen LogP contribution in [0.2, 0.25) is 0 Å². The van der Waals surface area contributed by atoms with Crippen LogP contribution in [0.3, 0.4) is 0 Å². The Morgan fingerprint density at radius 2 is 1.85 bits per heavy atom. The Bertz CT molecular complexity index is 2200. The molecule has 4 heterocycles. The number of nitrogens with zero attached hydrogens (tertiary/aromatic N) is 4. The smallest absolute Gasteiger partial charge is 0.262 e. The fourth-order valence-corrected chi connectivity index (χ4v) is 7.20. The number of anilines is 2. The van der Waals surface area contributed by atoms with Crippen LogP contribution in [0.5, 0.6) is 11.6 Å². The third-order valence-corrected chi connectivity index (χ3v) is 9.65. The van der Waals surface area contributed by atoms with E-state index in [2.05, 4.69) is 25.3 Å². The largest absolute Gasteiger partial charge is 0.437 e. The molecule has 0 amide bonds. The Morgan fingerprint density at radius 1 is 0.978 bits per heavy atom. The summed E-state index contributed by atoms with van der Waals surface area (Å²) in [5.74, 6) is 0.521. The Kier molecular flexibility index (Phi) is 7.75. The second-order valence-corrected chi connectivity index (χ2v) is 13.0. The molecule has 3 aromatic heterocycles. The van der Waals surface area contributed by atoms with Gasteiger partial charge in [-0.3, -0.25) is 4.72 Å². The predicted octanol–water partition coefficient (Wildman–Crippen LogP) is 6.39. The van der Waals surface area contributed by atoms with Crippen LogP contribution in [0.1, 0.15) is 18.4 Å². The maximum atomic E-state index is 15.4. The van der Waals surface area contributed by atoms with Crippen molar-refractivity contribution in [2.45, 2.75) is 30.7 Å². The van der Waals surface area contributed by atoms with Crippen molar-refractivity contribution in [1.29, 1.82) is 0 Å². The van der Waals surface area contributed by atoms with Crippen molar-refractivity contribution < 1.29 is 17.5 Å². The normalized spacial score (nSPS) is 15.2. The van der Waals surface area contributed by atoms with Crippen LogP contribution >= 0.6 is 0 Å². The van der Waals surface area contributed by atoms with Gasteiger partial charge in [-0.05, 0) is 80.4 Å². The number of piperidine rings is 1. The van der Waals surface area contributed by atoms with Gasteiger partial charge in [0.25, 0.3) is 10.0 Å². The molecule has 0 spiro atoms. The van der Waals surface area contributed by atoms with Crippen molar-refractivity contribution >= 4 is 43.3 Å². The number of nitrogens with one attached hydrogen (secondary N) is 3. The third-order valence-electron chi connectivity index (χ3n) is 8.24. The number of ether oxygens (including phenoxy) is 1. The van der Waals surface area contributed by atoms with Crippen molar-refractivity contribution in [3.63, 3.8) is 0 Å². The average molecular weight is 638 g/mol. The van der Waals surface area contributed by atoms with Gasteiger partial charge in [0.15, 0.2) is 0 Å². The van der Waals surface area contributed by atoms with Gasteiger partial charge in [0.2, 0.25) is 11.8 Å². The molecule has 0 aliphatic carbocycles. The lowest BCUT2D eigenvalue weighted by Gasteiger charge is -2.23. The van der Waals surface area contributed by atoms with E-state index in [0.29, 0.717) is 45.0 Å². The Morgan fingerprint density at radius 3 is 2.70 bits per heavy atom. The quantitative estimate of drug-likeness (QED) is 0.176. The first kappa shape index (κ1) is 29.6. The van der Waals surface area contributed by atoms with Gasteiger partial charge in [-0.2, -0.15) is 0 Å². The van der Waals surface area contributed by atoms with Gasteiger partial charge < -0.3 is 19.9 Å². The monoisotopic (exact) mass is 637 g/mol. The zero-order valence-corrected chi connectivity index (χ0v) is 26.1. The fourth-order valence-electron chi connectivity index (χ4n) is 5.90. The Hall–Kier alpha value is -5.07. The van der Waals surface area contributed by atoms with E-state index in [4.69, 9.17) is 9.72 Å². The van der Waals surface area contributed by atoms with Crippen molar-refractivity contribution in [3.8, 4) is 22.9 Å². The molecule has 0 saturated carbocycles. The van der Waals surface area contributed by atoms with E-state index in [9.17, 15) is 8.42 Å². The van der Waals surface area contributed by atoms with E-state index in [1.807, 2.05) is 30.7 Å². The number of pyridine rings is 1. The molecule has 6 aromatic rings. The van der Waals surface area contributed by atoms with Gasteiger partial charge in [0.1, 0.15) is 11.6 Å². The molecule has 234 valence electrons. The highest BCUT2D eigenvalue weighted by molar-refractivity contribution is 7.93. The van der Waals surface area contributed by atoms with Gasteiger partial charge in [0, 0.05) is 59.9 Å². The van der Waals surface area contributed by atoms with Crippen LogP contribution in [0.25, 0.3) is 32.9 Å². The minimum absolute atomic E-state index is 0.0576. The first-order chi connectivity index (χ1) is 22.3. The van der Waals surface area contributed by atoms with Crippen LogP contribution in [-0.2, 0) is 17.1 Å². The molecule has 10 nitrogen and oxygen atoms in total. The van der Waals surface area contributed by atoms with Gasteiger partial charge in [-0.25, -0.2) is 27.8 Å². The summed E-state index contributed by atoms with van der Waals surface area (Å²) in [5, 5.41) is 8.19. The standard InChI is InChI=1S/C34H32FN7O3S/c1-21-10-11-23-24(12-13-27(35)31(23)41-46(43,44)30-9-3-8-29-26(30)15-19-42(29)2)32(21)45-33-25(7-5-17-37-33)28-14-18-38-34(40-28)39-22-6-4-16-36-20-22/h3,5,7-15,17-19,22,36,41H,4,6,16,20H2,1-2H3,(H,38,39,40)/t22-/m0/s1. The second kappa shape index (κ2) is 12.0. The molecular weight excluding hydrogens is 605 g/mol. The molecule has 0 unspecified atom stereocenters. The third kappa shape index (κ3) is 5.61. The SMILES string of the molecule is Cc1ccc2c(NS(=O)(=O)c3cccc4c3ccn4C)c(F)ccc2c1Oc1ncccc1-c1ccnc(N[C@H]2CCCNC2)n1. The summed E-state index contributed by atoms with van der Waals surface area (Å²) in [4.78, 5) is 13.7. The lowest BCUT2D eigenvalue weighted by molar-refractivity contribution is 0.466. The molecule has 3 aromatic carbocycles. The van der Waals surface area contributed by atoms with Crippen molar-refractivity contribution in [1.82, 2.24) is 24.8 Å². The summed E-state index contributed by atoms with van der Waals surface area (Å²) < 4.78 is 53.6. The zero-order chi connectivity index (χ0) is 31.8. The zero-order valence-electron chi connectivity index (χ0n) is 25.3. The molecule has 3 N–H and O–H groups in total. The molecule has 0 radical (unpaired) electrons. The maximum Gasteiger partial charge on any atom is 0.262 e. The summed E-state index contributed by atoms with van der Waals surface area (Å²) in [5.41, 5.74) is 2.60. The number of hydrogen-bond acceptors (Lipinski definition) is 8. The number of aromatic nitrogens is 4. The van der Waals surface area contributed by atoms with Crippen LogP contribution in [0, 0.1) is 12.7 Å². The first-order valence-electron chi connectivity index (χ1n) is 15.0. The summed E-state index contributed by atoms with van der Waals surface area (Å²) in [6.45, 7) is 3.72. The van der Waals surface area contributed by atoms with Crippen LogP contribution in [0.15, 0.2) is 90.2 Å². The van der Waals surface area contributed by atoms with Crippen LogP contribution in [0.4, 0.5) is 16.0 Å². The van der Waals surface area contributed by atoms with Crippen LogP contribution < -0.4 is 20.1 Å². The Balaban J connectivity index is 1.25.